The number of imidazole rings is 1. The highest BCUT2D eigenvalue weighted by atomic mass is 16.5. The third-order valence-corrected chi connectivity index (χ3v) is 5.11. The Morgan fingerprint density at radius 3 is 2.62 bits per heavy atom. The minimum absolute atomic E-state index is 0.755. The van der Waals surface area contributed by atoms with Gasteiger partial charge in [-0.3, -0.25) is 0 Å². The first-order valence-electron chi connectivity index (χ1n) is 9.79. The number of benzene rings is 2. The summed E-state index contributed by atoms with van der Waals surface area (Å²) in [5, 5.41) is 0. The van der Waals surface area contributed by atoms with Crippen LogP contribution in [0, 0.1) is 0 Å². The summed E-state index contributed by atoms with van der Waals surface area (Å²) in [6, 6.07) is 16.3. The zero-order chi connectivity index (χ0) is 17.6. The number of aromatic amines is 1. The molecule has 0 aliphatic carbocycles. The molecule has 2 aromatic carbocycles. The Bertz CT molecular complexity index is 803. The second-order valence-corrected chi connectivity index (χ2v) is 7.06. The van der Waals surface area contributed by atoms with Crippen LogP contribution in [-0.2, 0) is 0 Å². The van der Waals surface area contributed by atoms with Crippen molar-refractivity contribution in [3.63, 3.8) is 0 Å². The van der Waals surface area contributed by atoms with Crippen LogP contribution in [0.2, 0.25) is 0 Å². The minimum Gasteiger partial charge on any atom is -0.493 e. The summed E-state index contributed by atoms with van der Waals surface area (Å²) in [6.07, 6.45) is 6.42. The predicted molar refractivity (Wildman–Crippen MR) is 107 cm³/mol. The molecule has 1 aliphatic heterocycles. The molecule has 26 heavy (non-hydrogen) atoms. The van der Waals surface area contributed by atoms with Crippen LogP contribution in [0.25, 0.3) is 22.4 Å². The molecular formula is C22H27N3O. The summed E-state index contributed by atoms with van der Waals surface area (Å²) < 4.78 is 6.10. The van der Waals surface area contributed by atoms with Gasteiger partial charge in [0.05, 0.1) is 23.2 Å². The lowest BCUT2D eigenvalue weighted by molar-refractivity contribution is 0.216. The molecule has 1 aromatic heterocycles. The first-order valence-corrected chi connectivity index (χ1v) is 9.79. The van der Waals surface area contributed by atoms with Crippen LogP contribution in [0.5, 0.6) is 5.75 Å². The van der Waals surface area contributed by atoms with E-state index in [4.69, 9.17) is 9.72 Å². The van der Waals surface area contributed by atoms with Gasteiger partial charge in [-0.15, -0.1) is 0 Å². The van der Waals surface area contributed by atoms with Crippen molar-refractivity contribution < 1.29 is 4.74 Å². The van der Waals surface area contributed by atoms with Gasteiger partial charge in [0.2, 0.25) is 0 Å². The van der Waals surface area contributed by atoms with E-state index in [1.165, 1.54) is 45.3 Å². The lowest BCUT2D eigenvalue weighted by atomic mass is 10.1. The minimum atomic E-state index is 0.755. The summed E-state index contributed by atoms with van der Waals surface area (Å²) >= 11 is 0. The summed E-state index contributed by atoms with van der Waals surface area (Å²) in [4.78, 5) is 10.7. The molecule has 1 N–H and O–H groups in total. The molecule has 0 atom stereocenters. The van der Waals surface area contributed by atoms with E-state index in [0.29, 0.717) is 0 Å². The van der Waals surface area contributed by atoms with Gasteiger partial charge >= 0.3 is 0 Å². The first kappa shape index (κ1) is 17.1. The average molecular weight is 349 g/mol. The van der Waals surface area contributed by atoms with Crippen LogP contribution in [0.4, 0.5) is 0 Å². The number of ether oxygens (including phenoxy) is 1. The predicted octanol–water partition coefficient (Wildman–Crippen LogP) is 4.87. The molecule has 3 aromatic rings. The Labute approximate surface area is 155 Å². The fourth-order valence-electron chi connectivity index (χ4n) is 3.67. The lowest BCUT2D eigenvalue weighted by Crippen LogP contribution is -2.30. The summed E-state index contributed by atoms with van der Waals surface area (Å²) in [7, 11) is 0. The number of nitrogens with zero attached hydrogens (tertiary/aromatic N) is 2. The van der Waals surface area contributed by atoms with Gasteiger partial charge in [0.1, 0.15) is 11.6 Å². The molecule has 4 nitrogen and oxygen atoms in total. The molecule has 4 rings (SSSR count). The smallest absolute Gasteiger partial charge is 0.142 e. The number of H-pyrrole nitrogens is 1. The van der Waals surface area contributed by atoms with Crippen molar-refractivity contribution in [3.05, 3.63) is 48.5 Å². The van der Waals surface area contributed by atoms with E-state index in [2.05, 4.69) is 22.0 Å². The maximum atomic E-state index is 6.10. The number of aromatic nitrogens is 2. The Morgan fingerprint density at radius 1 is 0.923 bits per heavy atom. The fourth-order valence-corrected chi connectivity index (χ4v) is 3.67. The Hall–Kier alpha value is -2.33. The Balaban J connectivity index is 1.35. The van der Waals surface area contributed by atoms with Gasteiger partial charge in [0.25, 0.3) is 0 Å². The molecule has 1 fully saturated rings. The fraction of sp³-hybridized carbons (Fsp3) is 0.409. The molecule has 136 valence electrons. The number of piperidine rings is 1. The third kappa shape index (κ3) is 4.07. The van der Waals surface area contributed by atoms with Gasteiger partial charge in [-0.05, 0) is 69.6 Å². The van der Waals surface area contributed by atoms with Gasteiger partial charge in [-0.1, -0.05) is 30.7 Å². The van der Waals surface area contributed by atoms with Gasteiger partial charge in [-0.25, -0.2) is 4.98 Å². The number of para-hydroxylation sites is 3. The summed E-state index contributed by atoms with van der Waals surface area (Å²) in [5.74, 6) is 1.78. The molecule has 4 heteroatoms. The van der Waals surface area contributed by atoms with E-state index < -0.39 is 0 Å². The number of unbranched alkanes of at least 4 members (excludes halogenated alkanes) is 1. The molecule has 0 amide bonds. The van der Waals surface area contributed by atoms with Crippen LogP contribution in [0.15, 0.2) is 48.5 Å². The van der Waals surface area contributed by atoms with E-state index >= 15 is 0 Å². The van der Waals surface area contributed by atoms with Gasteiger partial charge in [-0.2, -0.15) is 0 Å². The van der Waals surface area contributed by atoms with Crippen molar-refractivity contribution in [2.75, 3.05) is 26.2 Å². The molecule has 1 saturated heterocycles. The highest BCUT2D eigenvalue weighted by Crippen LogP contribution is 2.29. The molecule has 0 bridgehead atoms. The highest BCUT2D eigenvalue weighted by molar-refractivity contribution is 5.80. The summed E-state index contributed by atoms with van der Waals surface area (Å²) in [6.45, 7) is 4.51. The van der Waals surface area contributed by atoms with E-state index in [1.807, 2.05) is 36.4 Å². The van der Waals surface area contributed by atoms with E-state index in [0.717, 1.165) is 41.2 Å². The number of hydrogen-bond donors (Lipinski definition) is 1. The van der Waals surface area contributed by atoms with Crippen molar-refractivity contribution in [1.29, 1.82) is 0 Å². The number of likely N-dealkylation sites (tertiary alicyclic amines) is 1. The zero-order valence-corrected chi connectivity index (χ0v) is 15.3. The van der Waals surface area contributed by atoms with Gasteiger partial charge < -0.3 is 14.6 Å². The number of fused-ring (bicyclic) bond motifs is 1. The summed E-state index contributed by atoms with van der Waals surface area (Å²) in [5.41, 5.74) is 3.07. The highest BCUT2D eigenvalue weighted by Gasteiger charge is 2.11. The maximum absolute atomic E-state index is 6.10. The quantitative estimate of drug-likeness (QED) is 0.618. The molecule has 0 unspecified atom stereocenters. The van der Waals surface area contributed by atoms with Crippen LogP contribution < -0.4 is 4.74 Å². The number of rotatable bonds is 7. The Kier molecular flexibility index (Phi) is 5.50. The average Bonchev–Trinajstić information content (AvgIpc) is 3.13. The molecular weight excluding hydrogens is 322 g/mol. The molecule has 0 spiro atoms. The van der Waals surface area contributed by atoms with Gasteiger partial charge in [0, 0.05) is 0 Å². The topological polar surface area (TPSA) is 41.1 Å². The van der Waals surface area contributed by atoms with Crippen molar-refractivity contribution in [1.82, 2.24) is 14.9 Å². The number of hydrogen-bond acceptors (Lipinski definition) is 3. The molecule has 2 heterocycles. The molecule has 0 radical (unpaired) electrons. The van der Waals surface area contributed by atoms with E-state index in [9.17, 15) is 0 Å². The largest absolute Gasteiger partial charge is 0.493 e. The van der Waals surface area contributed by atoms with Crippen LogP contribution >= 0.6 is 0 Å². The van der Waals surface area contributed by atoms with Gasteiger partial charge in [0.15, 0.2) is 0 Å². The Morgan fingerprint density at radius 2 is 1.73 bits per heavy atom. The molecule has 0 saturated carbocycles. The normalized spacial score (nSPS) is 15.4. The van der Waals surface area contributed by atoms with Crippen molar-refractivity contribution in [2.45, 2.75) is 32.1 Å². The first-order chi connectivity index (χ1) is 12.9. The van der Waals surface area contributed by atoms with E-state index in [1.54, 1.807) is 0 Å². The van der Waals surface area contributed by atoms with Crippen LogP contribution in [0.3, 0.4) is 0 Å². The van der Waals surface area contributed by atoms with Crippen molar-refractivity contribution >= 4 is 11.0 Å². The maximum Gasteiger partial charge on any atom is 0.142 e. The van der Waals surface area contributed by atoms with Crippen LogP contribution in [-0.4, -0.2) is 41.1 Å². The third-order valence-electron chi connectivity index (χ3n) is 5.11. The van der Waals surface area contributed by atoms with Crippen LogP contribution in [0.1, 0.15) is 32.1 Å². The SMILES string of the molecule is c1ccc(-c2nc3ccccc3[nH]2)c(OCCCCN2CCCCC2)c1. The number of nitrogens with one attached hydrogen (secondary N) is 1. The van der Waals surface area contributed by atoms with Crippen molar-refractivity contribution in [2.24, 2.45) is 0 Å². The zero-order valence-electron chi connectivity index (χ0n) is 15.3. The lowest BCUT2D eigenvalue weighted by Gasteiger charge is -2.26. The second-order valence-electron chi connectivity index (χ2n) is 7.06. The standard InChI is InChI=1S/C22H27N3O/c1-6-14-25(15-7-1)16-8-9-17-26-21-13-5-2-10-18(21)22-23-19-11-3-4-12-20(19)24-22/h2-5,10-13H,1,6-9,14-17H2,(H,23,24). The monoisotopic (exact) mass is 349 g/mol. The van der Waals surface area contributed by atoms with Crippen molar-refractivity contribution in [3.8, 4) is 17.1 Å². The van der Waals surface area contributed by atoms with E-state index in [-0.39, 0.29) is 0 Å². The molecule has 1 aliphatic rings. The second kappa shape index (κ2) is 8.37.